The molecule has 2 fully saturated rings. The van der Waals surface area contributed by atoms with Gasteiger partial charge in [-0.1, -0.05) is 0 Å². The Labute approximate surface area is 166 Å². The van der Waals surface area contributed by atoms with Crippen LogP contribution in [0.15, 0.2) is 11.6 Å². The van der Waals surface area contributed by atoms with Gasteiger partial charge in [-0.05, 0) is 44.2 Å². The maximum absolute atomic E-state index is 11.6. The number of carboxylic acid groups (broad SMARTS) is 1. The highest BCUT2D eigenvalue weighted by molar-refractivity contribution is 7.88. The molecule has 7 nitrogen and oxygen atoms in total. The van der Waals surface area contributed by atoms with E-state index < -0.39 is 22.2 Å². The standard InChI is InChI=1S/C14H23N3O2S2.C2HF3O2/c1-21(18,19)17-9-4-14(5-10-17)2-7-16(8-3-14)12-13-15-6-11-20-13;3-2(4,5)1(6)7/h6,11H,2-5,7-10,12H2,1H3;(H,6,7). The van der Waals surface area contributed by atoms with Crippen LogP contribution < -0.4 is 0 Å². The summed E-state index contributed by atoms with van der Waals surface area (Å²) < 4.78 is 56.6. The summed E-state index contributed by atoms with van der Waals surface area (Å²) in [7, 11) is -3.01. The van der Waals surface area contributed by atoms with Crippen LogP contribution in [0.25, 0.3) is 0 Å². The molecular weight excluding hydrogens is 419 g/mol. The molecule has 0 bridgehead atoms. The van der Waals surface area contributed by atoms with Crippen molar-refractivity contribution < 1.29 is 31.5 Å². The fourth-order valence-electron chi connectivity index (χ4n) is 3.50. The second kappa shape index (κ2) is 9.06. The van der Waals surface area contributed by atoms with Gasteiger partial charge < -0.3 is 5.11 Å². The Hall–Kier alpha value is -1.24. The lowest BCUT2D eigenvalue weighted by Crippen LogP contribution is -2.47. The van der Waals surface area contributed by atoms with Crippen LogP contribution in [0, 0.1) is 5.41 Å². The number of aliphatic carboxylic acids is 1. The minimum absolute atomic E-state index is 0.376. The molecule has 1 spiro atoms. The largest absolute Gasteiger partial charge is 0.490 e. The lowest BCUT2D eigenvalue weighted by molar-refractivity contribution is -0.192. The van der Waals surface area contributed by atoms with Gasteiger partial charge in [0.2, 0.25) is 10.0 Å². The van der Waals surface area contributed by atoms with Crippen LogP contribution in [0.1, 0.15) is 30.7 Å². The molecule has 3 heterocycles. The van der Waals surface area contributed by atoms with E-state index in [1.165, 1.54) is 24.1 Å². The lowest BCUT2D eigenvalue weighted by atomic mass is 9.71. The van der Waals surface area contributed by atoms with Crippen LogP contribution in [0.3, 0.4) is 0 Å². The Bertz CT molecular complexity index is 736. The average Bonchev–Trinajstić information content (AvgIpc) is 3.10. The maximum atomic E-state index is 11.6. The van der Waals surface area contributed by atoms with Crippen molar-refractivity contribution >= 4 is 27.3 Å². The zero-order chi connectivity index (χ0) is 21.0. The van der Waals surface area contributed by atoms with Crippen molar-refractivity contribution in [1.29, 1.82) is 0 Å². The van der Waals surface area contributed by atoms with Crippen molar-refractivity contribution in [3.8, 4) is 0 Å². The van der Waals surface area contributed by atoms with Gasteiger partial charge in [-0.3, -0.25) is 4.90 Å². The highest BCUT2D eigenvalue weighted by atomic mass is 32.2. The number of sulfonamides is 1. The molecule has 0 atom stereocenters. The summed E-state index contributed by atoms with van der Waals surface area (Å²) in [5.41, 5.74) is 0.376. The van der Waals surface area contributed by atoms with E-state index in [1.54, 1.807) is 15.6 Å². The number of hydrogen-bond acceptors (Lipinski definition) is 6. The van der Waals surface area contributed by atoms with E-state index in [2.05, 4.69) is 9.88 Å². The lowest BCUT2D eigenvalue weighted by Gasteiger charge is -2.46. The third kappa shape index (κ3) is 6.68. The third-order valence-corrected chi connectivity index (χ3v) is 7.32. The fourth-order valence-corrected chi connectivity index (χ4v) is 5.00. The SMILES string of the molecule is CS(=O)(=O)N1CCC2(CCN(Cc3nccs3)CC2)CC1.O=C(O)C(F)(F)F. The summed E-state index contributed by atoms with van der Waals surface area (Å²) in [5.74, 6) is -2.76. The number of piperidine rings is 2. The first kappa shape index (κ1) is 23.0. The molecule has 3 rings (SSSR count). The fraction of sp³-hybridized carbons (Fsp3) is 0.750. The van der Waals surface area contributed by atoms with E-state index in [0.29, 0.717) is 18.5 Å². The first-order valence-corrected chi connectivity index (χ1v) is 11.5. The molecule has 12 heteroatoms. The molecule has 0 amide bonds. The number of carboxylic acids is 1. The molecule has 0 aliphatic carbocycles. The second-order valence-corrected chi connectivity index (χ2v) is 10.1. The summed E-state index contributed by atoms with van der Waals surface area (Å²) in [5, 5.41) is 10.3. The number of hydrogen-bond donors (Lipinski definition) is 1. The number of carbonyl (C=O) groups is 1. The van der Waals surface area contributed by atoms with Crippen molar-refractivity contribution in [1.82, 2.24) is 14.2 Å². The topological polar surface area (TPSA) is 90.8 Å². The Kier molecular flexibility index (Phi) is 7.45. The second-order valence-electron chi connectivity index (χ2n) is 7.17. The van der Waals surface area contributed by atoms with Crippen molar-refractivity contribution in [3.63, 3.8) is 0 Å². The zero-order valence-electron chi connectivity index (χ0n) is 15.5. The number of rotatable bonds is 3. The van der Waals surface area contributed by atoms with Crippen LogP contribution in [0.4, 0.5) is 13.2 Å². The molecule has 160 valence electrons. The van der Waals surface area contributed by atoms with Crippen molar-refractivity contribution in [2.45, 2.75) is 38.4 Å². The van der Waals surface area contributed by atoms with Crippen LogP contribution in [0.2, 0.25) is 0 Å². The number of aromatic nitrogens is 1. The minimum atomic E-state index is -5.08. The van der Waals surface area contributed by atoms with Crippen molar-refractivity contribution in [3.05, 3.63) is 16.6 Å². The molecule has 2 aliphatic heterocycles. The predicted octanol–water partition coefficient (Wildman–Crippen LogP) is 2.41. The molecule has 0 aromatic carbocycles. The van der Waals surface area contributed by atoms with E-state index in [4.69, 9.17) is 9.90 Å². The van der Waals surface area contributed by atoms with Gasteiger partial charge in [-0.25, -0.2) is 22.5 Å². The number of alkyl halides is 3. The Morgan fingerprint density at radius 2 is 1.71 bits per heavy atom. The monoisotopic (exact) mass is 443 g/mol. The first-order valence-electron chi connectivity index (χ1n) is 8.77. The van der Waals surface area contributed by atoms with Gasteiger partial charge in [0.15, 0.2) is 0 Å². The van der Waals surface area contributed by atoms with Crippen molar-refractivity contribution in [2.75, 3.05) is 32.4 Å². The number of nitrogens with zero attached hydrogens (tertiary/aromatic N) is 3. The van der Waals surface area contributed by atoms with Gasteiger partial charge in [0.1, 0.15) is 5.01 Å². The minimum Gasteiger partial charge on any atom is -0.475 e. The average molecular weight is 444 g/mol. The summed E-state index contributed by atoms with van der Waals surface area (Å²) in [6.07, 6.45) is 2.52. The van der Waals surface area contributed by atoms with Gasteiger partial charge in [-0.15, -0.1) is 11.3 Å². The maximum Gasteiger partial charge on any atom is 0.490 e. The normalized spacial score (nSPS) is 21.1. The van der Waals surface area contributed by atoms with E-state index in [-0.39, 0.29) is 0 Å². The quantitative estimate of drug-likeness (QED) is 0.772. The Balaban J connectivity index is 0.000000345. The van der Waals surface area contributed by atoms with Gasteiger partial charge >= 0.3 is 12.1 Å². The molecule has 0 saturated carbocycles. The van der Waals surface area contributed by atoms with E-state index in [1.807, 2.05) is 11.6 Å². The van der Waals surface area contributed by atoms with Gasteiger partial charge in [0, 0.05) is 24.7 Å². The third-order valence-electron chi connectivity index (χ3n) is 5.25. The van der Waals surface area contributed by atoms with Crippen molar-refractivity contribution in [2.24, 2.45) is 5.41 Å². The highest BCUT2D eigenvalue weighted by Gasteiger charge is 2.39. The first-order chi connectivity index (χ1) is 12.9. The zero-order valence-corrected chi connectivity index (χ0v) is 17.1. The molecule has 1 aromatic heterocycles. The van der Waals surface area contributed by atoms with Crippen LogP contribution in [-0.4, -0.2) is 72.3 Å². The predicted molar refractivity (Wildman–Crippen MR) is 98.4 cm³/mol. The molecule has 2 saturated heterocycles. The smallest absolute Gasteiger partial charge is 0.475 e. The van der Waals surface area contributed by atoms with E-state index in [9.17, 15) is 21.6 Å². The van der Waals surface area contributed by atoms with Gasteiger partial charge in [0.25, 0.3) is 0 Å². The molecule has 2 aliphatic rings. The molecule has 0 radical (unpaired) electrons. The summed E-state index contributed by atoms with van der Waals surface area (Å²) >= 11 is 1.72. The molecule has 1 aromatic rings. The summed E-state index contributed by atoms with van der Waals surface area (Å²) in [6, 6.07) is 0. The number of thiazole rings is 1. The molecule has 1 N–H and O–H groups in total. The van der Waals surface area contributed by atoms with Gasteiger partial charge in [0.05, 0.1) is 12.8 Å². The van der Waals surface area contributed by atoms with Crippen LogP contribution in [-0.2, 0) is 21.4 Å². The summed E-state index contributed by atoms with van der Waals surface area (Å²) in [6.45, 7) is 4.58. The Morgan fingerprint density at radius 1 is 1.21 bits per heavy atom. The molecular formula is C16H24F3N3O4S2. The van der Waals surface area contributed by atoms with E-state index >= 15 is 0 Å². The summed E-state index contributed by atoms with van der Waals surface area (Å²) in [4.78, 5) is 15.7. The number of likely N-dealkylation sites (tertiary alicyclic amines) is 1. The van der Waals surface area contributed by atoms with Gasteiger partial charge in [-0.2, -0.15) is 13.2 Å². The molecule has 0 unspecified atom stereocenters. The van der Waals surface area contributed by atoms with Crippen LogP contribution in [0.5, 0.6) is 0 Å². The van der Waals surface area contributed by atoms with E-state index in [0.717, 1.165) is 32.5 Å². The van der Waals surface area contributed by atoms with Crippen LogP contribution >= 0.6 is 11.3 Å². The Morgan fingerprint density at radius 3 is 2.11 bits per heavy atom. The molecule has 28 heavy (non-hydrogen) atoms. The highest BCUT2D eigenvalue weighted by Crippen LogP contribution is 2.41. The number of halogens is 3.